The van der Waals surface area contributed by atoms with Crippen molar-refractivity contribution in [1.29, 1.82) is 0 Å². The Morgan fingerprint density at radius 3 is 2.79 bits per heavy atom. The summed E-state index contributed by atoms with van der Waals surface area (Å²) in [5.41, 5.74) is 1.65. The van der Waals surface area contributed by atoms with Gasteiger partial charge >= 0.3 is 0 Å². The zero-order valence-corrected chi connectivity index (χ0v) is 13.7. The summed E-state index contributed by atoms with van der Waals surface area (Å²) in [7, 11) is 1.48. The van der Waals surface area contributed by atoms with Gasteiger partial charge in [0.1, 0.15) is 5.25 Å². The van der Waals surface area contributed by atoms with Gasteiger partial charge in [0.25, 0.3) is 0 Å². The number of carbonyl (C=O) groups is 1. The number of phenolic OH excluding ortho intramolecular Hbond substituents is 1. The molecule has 6 nitrogen and oxygen atoms in total. The van der Waals surface area contributed by atoms with E-state index in [0.29, 0.717) is 10.9 Å². The number of phenols is 1. The molecular formula is C17H15N3O3S. The standard InChI is InChI=1S/C17H15N3O3S/c1-23-14-9-11(7-8-13(14)21)10-18-20-17-19-16(22)15(24-17)12-5-3-2-4-6-12/h2-10,15,21H,1H3,(H,19,20,22)/b18-10+. The second kappa shape index (κ2) is 7.18. The van der Waals surface area contributed by atoms with Crippen LogP contribution in [0.2, 0.25) is 0 Å². The Kier molecular flexibility index (Phi) is 4.81. The molecule has 122 valence electrons. The number of nitrogens with zero attached hydrogens (tertiary/aromatic N) is 2. The smallest absolute Gasteiger partial charge is 0.244 e. The quantitative estimate of drug-likeness (QED) is 0.661. The molecule has 1 amide bonds. The normalized spacial score (nSPS) is 19.0. The number of methoxy groups -OCH3 is 1. The minimum atomic E-state index is -0.311. The van der Waals surface area contributed by atoms with Crippen LogP contribution in [0.15, 0.2) is 58.7 Å². The summed E-state index contributed by atoms with van der Waals surface area (Å²) in [6, 6.07) is 14.4. The van der Waals surface area contributed by atoms with Crippen molar-refractivity contribution in [1.82, 2.24) is 5.32 Å². The lowest BCUT2D eigenvalue weighted by Gasteiger charge is -2.03. The van der Waals surface area contributed by atoms with E-state index < -0.39 is 0 Å². The first-order valence-electron chi connectivity index (χ1n) is 7.18. The van der Waals surface area contributed by atoms with Crippen LogP contribution in [0.3, 0.4) is 0 Å². The number of aromatic hydroxyl groups is 1. The van der Waals surface area contributed by atoms with Gasteiger partial charge in [0.2, 0.25) is 5.91 Å². The molecule has 0 aliphatic carbocycles. The van der Waals surface area contributed by atoms with Crippen LogP contribution >= 0.6 is 11.8 Å². The summed E-state index contributed by atoms with van der Waals surface area (Å²) >= 11 is 1.33. The molecule has 3 rings (SSSR count). The Balaban J connectivity index is 1.70. The second-order valence-electron chi connectivity index (χ2n) is 4.98. The van der Waals surface area contributed by atoms with Crippen LogP contribution in [0.25, 0.3) is 0 Å². The SMILES string of the molecule is COc1cc(/C=N/N=C2NC(=O)C(c3ccccc3)S2)ccc1O. The predicted molar refractivity (Wildman–Crippen MR) is 94.6 cm³/mol. The van der Waals surface area contributed by atoms with Gasteiger partial charge in [0.15, 0.2) is 16.7 Å². The Morgan fingerprint density at radius 2 is 2.04 bits per heavy atom. The number of amidine groups is 1. The minimum absolute atomic E-state index is 0.0604. The van der Waals surface area contributed by atoms with Crippen LogP contribution < -0.4 is 10.1 Å². The number of amides is 1. The zero-order valence-electron chi connectivity index (χ0n) is 12.8. The average molecular weight is 341 g/mol. The maximum atomic E-state index is 12.0. The Hall–Kier alpha value is -2.80. The molecule has 2 aromatic carbocycles. The molecule has 7 heteroatoms. The van der Waals surface area contributed by atoms with Crippen molar-refractivity contribution in [2.45, 2.75) is 5.25 Å². The Morgan fingerprint density at radius 1 is 1.25 bits per heavy atom. The number of rotatable bonds is 4. The number of benzene rings is 2. The summed E-state index contributed by atoms with van der Waals surface area (Å²) in [4.78, 5) is 12.0. The highest BCUT2D eigenvalue weighted by Crippen LogP contribution is 2.34. The minimum Gasteiger partial charge on any atom is -0.504 e. The molecule has 1 saturated heterocycles. The van der Waals surface area contributed by atoms with Crippen LogP contribution in [0.5, 0.6) is 11.5 Å². The third kappa shape index (κ3) is 3.57. The van der Waals surface area contributed by atoms with Gasteiger partial charge in [-0.2, -0.15) is 5.10 Å². The molecule has 24 heavy (non-hydrogen) atoms. The summed E-state index contributed by atoms with van der Waals surface area (Å²) in [6.07, 6.45) is 1.53. The highest BCUT2D eigenvalue weighted by atomic mass is 32.2. The zero-order chi connectivity index (χ0) is 16.9. The number of ether oxygens (including phenoxy) is 1. The molecule has 0 radical (unpaired) electrons. The van der Waals surface area contributed by atoms with Gasteiger partial charge in [-0.15, -0.1) is 5.10 Å². The second-order valence-corrected chi connectivity index (χ2v) is 6.07. The van der Waals surface area contributed by atoms with E-state index in [0.717, 1.165) is 11.1 Å². The van der Waals surface area contributed by atoms with E-state index >= 15 is 0 Å². The highest BCUT2D eigenvalue weighted by molar-refractivity contribution is 8.15. The number of carbonyl (C=O) groups excluding carboxylic acids is 1. The van der Waals surface area contributed by atoms with E-state index in [1.807, 2.05) is 30.3 Å². The van der Waals surface area contributed by atoms with Gasteiger partial charge in [0, 0.05) is 0 Å². The van der Waals surface area contributed by atoms with Crippen molar-refractivity contribution >= 4 is 29.1 Å². The molecule has 1 aliphatic heterocycles. The van der Waals surface area contributed by atoms with Crippen LogP contribution in [0.4, 0.5) is 0 Å². The lowest BCUT2D eigenvalue weighted by atomic mass is 10.1. The molecule has 1 heterocycles. The molecule has 0 aromatic heterocycles. The van der Waals surface area contributed by atoms with Crippen molar-refractivity contribution in [2.24, 2.45) is 10.2 Å². The number of hydrogen-bond acceptors (Lipinski definition) is 6. The fourth-order valence-electron chi connectivity index (χ4n) is 2.18. The fourth-order valence-corrected chi connectivity index (χ4v) is 3.12. The van der Waals surface area contributed by atoms with Crippen molar-refractivity contribution < 1.29 is 14.6 Å². The Bertz CT molecular complexity index is 806. The number of hydrogen-bond donors (Lipinski definition) is 2. The number of thioether (sulfide) groups is 1. The van der Waals surface area contributed by atoms with Gasteiger partial charge in [-0.05, 0) is 29.3 Å². The third-order valence-corrected chi connectivity index (χ3v) is 4.49. The molecule has 0 saturated carbocycles. The van der Waals surface area contributed by atoms with E-state index in [1.54, 1.807) is 12.1 Å². The van der Waals surface area contributed by atoms with Crippen molar-refractivity contribution in [3.05, 3.63) is 59.7 Å². The summed E-state index contributed by atoms with van der Waals surface area (Å²) < 4.78 is 5.03. The molecule has 2 aromatic rings. The van der Waals surface area contributed by atoms with Crippen LogP contribution in [0.1, 0.15) is 16.4 Å². The molecule has 1 atom stereocenters. The van der Waals surface area contributed by atoms with Gasteiger partial charge in [0.05, 0.1) is 13.3 Å². The molecule has 2 N–H and O–H groups in total. The van der Waals surface area contributed by atoms with Crippen LogP contribution in [-0.4, -0.2) is 29.5 Å². The molecular weight excluding hydrogens is 326 g/mol. The topological polar surface area (TPSA) is 83.3 Å². The third-order valence-electron chi connectivity index (χ3n) is 3.36. The fraction of sp³-hybridized carbons (Fsp3) is 0.118. The lowest BCUT2D eigenvalue weighted by Crippen LogP contribution is -2.21. The summed E-state index contributed by atoms with van der Waals surface area (Å²) in [5, 5.41) is 20.4. The maximum absolute atomic E-state index is 12.0. The monoisotopic (exact) mass is 341 g/mol. The van der Waals surface area contributed by atoms with Crippen molar-refractivity contribution in [3.63, 3.8) is 0 Å². The summed E-state index contributed by atoms with van der Waals surface area (Å²) in [5.74, 6) is 0.316. The van der Waals surface area contributed by atoms with Crippen LogP contribution in [-0.2, 0) is 4.79 Å². The largest absolute Gasteiger partial charge is 0.504 e. The molecule has 1 unspecified atom stereocenters. The summed E-state index contributed by atoms with van der Waals surface area (Å²) in [6.45, 7) is 0. The van der Waals surface area contributed by atoms with Gasteiger partial charge < -0.3 is 15.2 Å². The van der Waals surface area contributed by atoms with Gasteiger partial charge in [-0.3, -0.25) is 4.79 Å². The average Bonchev–Trinajstić information content (AvgIpc) is 2.98. The van der Waals surface area contributed by atoms with E-state index in [9.17, 15) is 9.90 Å². The number of nitrogens with one attached hydrogen (secondary N) is 1. The first-order chi connectivity index (χ1) is 11.7. The predicted octanol–water partition coefficient (Wildman–Crippen LogP) is 2.70. The van der Waals surface area contributed by atoms with E-state index in [4.69, 9.17) is 4.74 Å². The van der Waals surface area contributed by atoms with Gasteiger partial charge in [-0.1, -0.05) is 42.1 Å². The molecule has 1 fully saturated rings. The van der Waals surface area contributed by atoms with Crippen molar-refractivity contribution in [2.75, 3.05) is 7.11 Å². The first kappa shape index (κ1) is 16.1. The first-order valence-corrected chi connectivity index (χ1v) is 8.06. The molecule has 0 spiro atoms. The Labute approximate surface area is 143 Å². The van der Waals surface area contributed by atoms with Crippen molar-refractivity contribution in [3.8, 4) is 11.5 Å². The van der Waals surface area contributed by atoms with E-state index in [2.05, 4.69) is 15.5 Å². The highest BCUT2D eigenvalue weighted by Gasteiger charge is 2.31. The van der Waals surface area contributed by atoms with E-state index in [-0.39, 0.29) is 16.9 Å². The lowest BCUT2D eigenvalue weighted by molar-refractivity contribution is -0.118. The van der Waals surface area contributed by atoms with Crippen LogP contribution in [0, 0.1) is 0 Å². The molecule has 1 aliphatic rings. The molecule has 0 bridgehead atoms. The van der Waals surface area contributed by atoms with Gasteiger partial charge in [-0.25, -0.2) is 0 Å². The maximum Gasteiger partial charge on any atom is 0.244 e. The van der Waals surface area contributed by atoms with E-state index in [1.165, 1.54) is 31.2 Å².